The minimum atomic E-state index is -0.439. The van der Waals surface area contributed by atoms with Gasteiger partial charge in [-0.15, -0.1) is 0 Å². The largest absolute Gasteiger partial charge is 0.383 e. The third-order valence-electron chi connectivity index (χ3n) is 5.18. The van der Waals surface area contributed by atoms with Crippen LogP contribution in [0.2, 0.25) is 0 Å². The summed E-state index contributed by atoms with van der Waals surface area (Å²) in [6.07, 6.45) is 2.44. The summed E-state index contributed by atoms with van der Waals surface area (Å²) < 4.78 is 20.1. The van der Waals surface area contributed by atoms with Gasteiger partial charge in [0.15, 0.2) is 0 Å². The van der Waals surface area contributed by atoms with Gasteiger partial charge in [-0.3, -0.25) is 4.90 Å². The van der Waals surface area contributed by atoms with Crippen molar-refractivity contribution in [2.45, 2.75) is 32.9 Å². The molecule has 2 heterocycles. The van der Waals surface area contributed by atoms with Gasteiger partial charge in [0.2, 0.25) is 0 Å². The number of methoxy groups -OCH3 is 1. The highest BCUT2D eigenvalue weighted by Gasteiger charge is 2.29. The lowest BCUT2D eigenvalue weighted by atomic mass is 9.99. The van der Waals surface area contributed by atoms with Crippen molar-refractivity contribution in [3.05, 3.63) is 53.1 Å². The quantitative estimate of drug-likeness (QED) is 0.716. The number of piperazine rings is 1. The maximum absolute atomic E-state index is 14.6. The molecule has 0 radical (unpaired) electrons. The Kier molecular flexibility index (Phi) is 7.13. The Balaban J connectivity index is 1.83. The third-order valence-corrected chi connectivity index (χ3v) is 5.18. The van der Waals surface area contributed by atoms with Gasteiger partial charge in [-0.1, -0.05) is 13.8 Å². The van der Waals surface area contributed by atoms with Crippen LogP contribution in [0.5, 0.6) is 0 Å². The topological polar surface area (TPSA) is 65.3 Å². The predicted octanol–water partition coefficient (Wildman–Crippen LogP) is 3.02. The fourth-order valence-corrected chi connectivity index (χ4v) is 3.89. The summed E-state index contributed by atoms with van der Waals surface area (Å²) in [6, 6.07) is 9.49. The number of rotatable bonds is 7. The van der Waals surface area contributed by atoms with Crippen LogP contribution in [0, 0.1) is 23.1 Å². The summed E-state index contributed by atoms with van der Waals surface area (Å²) >= 11 is 0. The van der Waals surface area contributed by atoms with Crippen molar-refractivity contribution in [1.29, 1.82) is 5.26 Å². The lowest BCUT2D eigenvalue weighted by molar-refractivity contribution is 0.0758. The molecule has 29 heavy (non-hydrogen) atoms. The molecule has 0 amide bonds. The van der Waals surface area contributed by atoms with E-state index in [9.17, 15) is 9.65 Å². The number of aromatic nitrogens is 2. The van der Waals surface area contributed by atoms with Crippen molar-refractivity contribution in [3.8, 4) is 6.07 Å². The Labute approximate surface area is 171 Å². The van der Waals surface area contributed by atoms with Crippen LogP contribution >= 0.6 is 0 Å². The first-order chi connectivity index (χ1) is 14.0. The van der Waals surface area contributed by atoms with Gasteiger partial charge in [0.25, 0.3) is 0 Å². The van der Waals surface area contributed by atoms with Crippen molar-refractivity contribution < 1.29 is 9.13 Å². The van der Waals surface area contributed by atoms with Gasteiger partial charge < -0.3 is 9.64 Å². The van der Waals surface area contributed by atoms with Gasteiger partial charge in [-0.05, 0) is 42.2 Å². The molecule has 154 valence electrons. The number of nitrogens with zero attached hydrogens (tertiary/aromatic N) is 5. The molecule has 3 rings (SSSR count). The Bertz CT molecular complexity index is 852. The van der Waals surface area contributed by atoms with Crippen molar-refractivity contribution in [3.63, 3.8) is 0 Å². The number of hydrogen-bond acceptors (Lipinski definition) is 6. The molecule has 1 fully saturated rings. The molecule has 1 aromatic carbocycles. The molecule has 0 saturated carbocycles. The highest BCUT2D eigenvalue weighted by Crippen LogP contribution is 2.28. The zero-order valence-corrected chi connectivity index (χ0v) is 17.3. The summed E-state index contributed by atoms with van der Waals surface area (Å²) in [7, 11) is 1.68. The van der Waals surface area contributed by atoms with Crippen molar-refractivity contribution >= 4 is 5.69 Å². The van der Waals surface area contributed by atoms with E-state index in [0.717, 1.165) is 24.2 Å². The van der Waals surface area contributed by atoms with Crippen LogP contribution in [0.3, 0.4) is 0 Å². The van der Waals surface area contributed by atoms with Crippen LogP contribution in [-0.4, -0.2) is 54.5 Å². The average molecular weight is 397 g/mol. The van der Waals surface area contributed by atoms with E-state index in [0.29, 0.717) is 37.8 Å². The van der Waals surface area contributed by atoms with Crippen LogP contribution < -0.4 is 4.90 Å². The molecule has 1 aliphatic rings. The second kappa shape index (κ2) is 9.77. The molecule has 0 bridgehead atoms. The molecular formula is C22H28FN5O. The zero-order valence-electron chi connectivity index (χ0n) is 17.3. The fraction of sp³-hybridized carbons (Fsp3) is 0.500. The van der Waals surface area contributed by atoms with E-state index in [4.69, 9.17) is 4.74 Å². The van der Waals surface area contributed by atoms with Gasteiger partial charge in [0, 0.05) is 39.5 Å². The molecule has 1 atom stereocenters. The van der Waals surface area contributed by atoms with E-state index in [2.05, 4.69) is 39.9 Å². The van der Waals surface area contributed by atoms with Gasteiger partial charge >= 0.3 is 0 Å². The molecule has 0 spiro atoms. The second-order valence-corrected chi connectivity index (χ2v) is 7.92. The van der Waals surface area contributed by atoms with E-state index in [1.54, 1.807) is 13.3 Å². The maximum Gasteiger partial charge on any atom is 0.143 e. The van der Waals surface area contributed by atoms with E-state index < -0.39 is 5.82 Å². The Morgan fingerprint density at radius 2 is 2.17 bits per heavy atom. The summed E-state index contributed by atoms with van der Waals surface area (Å²) in [4.78, 5) is 4.42. The standard InChI is InChI=1S/C22H28FN5O/c1-16(2)9-17-10-21(23)20(12-24)22(11-17)28-8-7-27(19(14-28)15-29-3)13-18-5-4-6-25-26-18/h4-6,10-11,16,19H,7-9,13-15H2,1-3H3. The van der Waals surface area contributed by atoms with Crippen LogP contribution in [0.1, 0.15) is 30.7 Å². The first-order valence-corrected chi connectivity index (χ1v) is 9.98. The first-order valence-electron chi connectivity index (χ1n) is 9.98. The van der Waals surface area contributed by atoms with Gasteiger partial charge in [-0.2, -0.15) is 15.5 Å². The maximum atomic E-state index is 14.6. The molecule has 0 N–H and O–H groups in total. The van der Waals surface area contributed by atoms with E-state index in [1.165, 1.54) is 6.07 Å². The SMILES string of the molecule is COCC1CN(c2cc(CC(C)C)cc(F)c2C#N)CCN1Cc1cccnn1. The average Bonchev–Trinajstić information content (AvgIpc) is 2.69. The lowest BCUT2D eigenvalue weighted by Gasteiger charge is -2.42. The zero-order chi connectivity index (χ0) is 20.8. The Hall–Kier alpha value is -2.56. The smallest absolute Gasteiger partial charge is 0.143 e. The number of hydrogen-bond donors (Lipinski definition) is 0. The summed E-state index contributed by atoms with van der Waals surface area (Å²) in [5.41, 5.74) is 2.64. The van der Waals surface area contributed by atoms with Crippen LogP contribution in [-0.2, 0) is 17.7 Å². The minimum Gasteiger partial charge on any atom is -0.383 e. The van der Waals surface area contributed by atoms with Crippen molar-refractivity contribution in [1.82, 2.24) is 15.1 Å². The highest BCUT2D eigenvalue weighted by molar-refractivity contribution is 5.62. The summed E-state index contributed by atoms with van der Waals surface area (Å²) in [5.74, 6) is -0.0221. The Morgan fingerprint density at radius 1 is 1.34 bits per heavy atom. The number of nitriles is 1. The van der Waals surface area contributed by atoms with Crippen LogP contribution in [0.4, 0.5) is 10.1 Å². The van der Waals surface area contributed by atoms with Crippen molar-refractivity contribution in [2.24, 2.45) is 5.92 Å². The Morgan fingerprint density at radius 3 is 2.83 bits per heavy atom. The third kappa shape index (κ3) is 5.28. The number of ether oxygens (including phenoxy) is 1. The first kappa shape index (κ1) is 21.2. The molecular weight excluding hydrogens is 369 g/mol. The highest BCUT2D eigenvalue weighted by atomic mass is 19.1. The van der Waals surface area contributed by atoms with Gasteiger partial charge in [-0.25, -0.2) is 4.39 Å². The molecule has 6 nitrogen and oxygen atoms in total. The predicted molar refractivity (Wildman–Crippen MR) is 110 cm³/mol. The molecule has 1 aromatic heterocycles. The number of anilines is 1. The number of halogens is 1. The van der Waals surface area contributed by atoms with Crippen molar-refractivity contribution in [2.75, 3.05) is 38.3 Å². The van der Waals surface area contributed by atoms with E-state index in [1.807, 2.05) is 18.2 Å². The van der Waals surface area contributed by atoms with Crippen LogP contribution in [0.15, 0.2) is 30.5 Å². The molecule has 2 aromatic rings. The summed E-state index contributed by atoms with van der Waals surface area (Å²) in [5, 5.41) is 17.7. The molecule has 1 unspecified atom stereocenters. The molecule has 1 saturated heterocycles. The van der Waals surface area contributed by atoms with Crippen LogP contribution in [0.25, 0.3) is 0 Å². The fourth-order valence-electron chi connectivity index (χ4n) is 3.89. The molecule has 0 aliphatic carbocycles. The van der Waals surface area contributed by atoms with E-state index >= 15 is 0 Å². The number of benzene rings is 1. The second-order valence-electron chi connectivity index (χ2n) is 7.92. The normalized spacial score (nSPS) is 17.5. The summed E-state index contributed by atoms with van der Waals surface area (Å²) in [6.45, 7) is 7.58. The molecule has 7 heteroatoms. The van der Waals surface area contributed by atoms with E-state index in [-0.39, 0.29) is 11.6 Å². The molecule has 1 aliphatic heterocycles. The van der Waals surface area contributed by atoms with Gasteiger partial charge in [0.05, 0.1) is 24.0 Å². The lowest BCUT2D eigenvalue weighted by Crippen LogP contribution is -2.54. The minimum absolute atomic E-state index is 0.110. The monoisotopic (exact) mass is 397 g/mol. The van der Waals surface area contributed by atoms with Gasteiger partial charge in [0.1, 0.15) is 17.4 Å².